The fourth-order valence-electron chi connectivity index (χ4n) is 4.18. The number of ether oxygens (including phenoxy) is 1. The smallest absolute Gasteiger partial charge is 0.164 e. The second kappa shape index (κ2) is 9.61. The van der Waals surface area contributed by atoms with Gasteiger partial charge in [0.25, 0.3) is 0 Å². The Labute approximate surface area is 189 Å². The molecule has 1 saturated carbocycles. The van der Waals surface area contributed by atoms with Crippen molar-refractivity contribution in [1.82, 2.24) is 19.7 Å². The third kappa shape index (κ3) is 4.46. The molecule has 0 amide bonds. The molecule has 0 saturated heterocycles. The Bertz CT molecular complexity index is 1300. The Hall–Kier alpha value is -4.06. The fraction of sp³-hybridized carbons (Fsp3) is 0.250. The molecule has 1 fully saturated rings. The summed E-state index contributed by atoms with van der Waals surface area (Å²) in [5, 5.41) is 11.8. The van der Waals surface area contributed by atoms with Crippen molar-refractivity contribution in [2.75, 3.05) is 5.73 Å². The van der Waals surface area contributed by atoms with Crippen molar-refractivity contribution in [3.05, 3.63) is 60.4 Å². The fourth-order valence-corrected chi connectivity index (χ4v) is 4.18. The number of nitrogen functional groups attached to an aromatic ring is 1. The number of halogens is 2. The molecule has 33 heavy (non-hydrogen) atoms. The van der Waals surface area contributed by atoms with Crippen molar-refractivity contribution in [3.63, 3.8) is 0 Å². The number of nitrogens with zero attached hydrogens (tertiary/aromatic N) is 5. The molecule has 0 bridgehead atoms. The van der Waals surface area contributed by atoms with Crippen LogP contribution in [-0.4, -0.2) is 19.7 Å². The van der Waals surface area contributed by atoms with Crippen LogP contribution in [0.4, 0.5) is 14.6 Å². The van der Waals surface area contributed by atoms with E-state index in [1.165, 1.54) is 37.0 Å². The quantitative estimate of drug-likeness (QED) is 0.424. The van der Waals surface area contributed by atoms with E-state index in [1.54, 1.807) is 18.2 Å². The molecule has 168 valence electrons. The Morgan fingerprint density at radius 1 is 1.00 bits per heavy atom. The van der Waals surface area contributed by atoms with E-state index in [2.05, 4.69) is 16.5 Å². The molecule has 1 aliphatic rings. The van der Waals surface area contributed by atoms with Gasteiger partial charge in [-0.05, 0) is 37.1 Å². The minimum absolute atomic E-state index is 0.206. The zero-order valence-corrected chi connectivity index (χ0v) is 17.8. The largest absolute Gasteiger partial charge is 0.457 e. The molecule has 0 spiro atoms. The van der Waals surface area contributed by atoms with Gasteiger partial charge in [0, 0.05) is 24.3 Å². The van der Waals surface area contributed by atoms with E-state index in [4.69, 9.17) is 20.8 Å². The lowest BCUT2D eigenvalue weighted by Gasteiger charge is -2.22. The molecule has 1 aliphatic carbocycles. The summed E-state index contributed by atoms with van der Waals surface area (Å²) in [4.78, 5) is 8.50. The lowest BCUT2D eigenvalue weighted by atomic mass is 9.96. The number of anilines is 1. The number of nitrogens with two attached hydrogens (primary N) is 1. The maximum atomic E-state index is 15.1. The van der Waals surface area contributed by atoms with Crippen LogP contribution in [0.5, 0.6) is 11.5 Å². The molecule has 5 rings (SSSR count). The van der Waals surface area contributed by atoms with Crippen LogP contribution in [0, 0.1) is 23.5 Å². The number of rotatable bonds is 4. The zero-order chi connectivity index (χ0) is 23.4. The molecule has 0 radical (unpaired) electrons. The van der Waals surface area contributed by atoms with Crippen LogP contribution in [0.15, 0.2) is 48.8 Å². The van der Waals surface area contributed by atoms with Crippen molar-refractivity contribution in [1.29, 1.82) is 5.26 Å². The third-order valence-electron chi connectivity index (χ3n) is 5.67. The summed E-state index contributed by atoms with van der Waals surface area (Å²) in [6.07, 6.45) is 6.88. The molecule has 7 nitrogen and oxygen atoms in total. The minimum atomic E-state index is -0.521. The number of fused-ring (bicyclic) bond motifs is 1. The SMILES string of the molecule is C#N.Nc1ncnc2c1c(-c1ccc(Oc3cccc(F)c3)cc1F)nn2C1CCCCC1. The minimum Gasteiger partial charge on any atom is -0.457 e. The van der Waals surface area contributed by atoms with Crippen molar-refractivity contribution < 1.29 is 13.5 Å². The molecule has 2 aromatic heterocycles. The van der Waals surface area contributed by atoms with Gasteiger partial charge in [-0.1, -0.05) is 25.3 Å². The van der Waals surface area contributed by atoms with Crippen molar-refractivity contribution in [2.45, 2.75) is 38.1 Å². The topological polar surface area (TPSA) is 103 Å². The van der Waals surface area contributed by atoms with E-state index in [0.717, 1.165) is 25.7 Å². The standard InChI is InChI=1S/C23H21F2N5O.CHN/c24-14-5-4-8-16(11-14)31-17-9-10-18(19(25)12-17)21-20-22(26)27-13-28-23(20)30(29-21)15-6-2-1-3-7-15;1-2/h4-5,8-13,15H,1-3,6-7H2,(H2,26,27,28);1H. The second-order valence-electron chi connectivity index (χ2n) is 7.74. The van der Waals surface area contributed by atoms with Crippen LogP contribution in [0.1, 0.15) is 38.1 Å². The molecule has 2 N–H and O–H groups in total. The Kier molecular flexibility index (Phi) is 6.45. The summed E-state index contributed by atoms with van der Waals surface area (Å²) in [5.74, 6) is -0.136. The normalized spacial score (nSPS) is 13.9. The first kappa shape index (κ1) is 22.1. The van der Waals surface area contributed by atoms with Crippen molar-refractivity contribution in [2.24, 2.45) is 0 Å². The zero-order valence-electron chi connectivity index (χ0n) is 17.8. The van der Waals surface area contributed by atoms with E-state index in [0.29, 0.717) is 16.7 Å². The average Bonchev–Trinajstić information content (AvgIpc) is 3.22. The van der Waals surface area contributed by atoms with E-state index >= 15 is 4.39 Å². The van der Waals surface area contributed by atoms with E-state index in [-0.39, 0.29) is 28.9 Å². The molecule has 0 atom stereocenters. The Morgan fingerprint density at radius 3 is 2.48 bits per heavy atom. The summed E-state index contributed by atoms with van der Waals surface area (Å²) >= 11 is 0. The van der Waals surface area contributed by atoms with Crippen molar-refractivity contribution in [3.8, 4) is 29.3 Å². The van der Waals surface area contributed by atoms with Crippen LogP contribution in [-0.2, 0) is 0 Å². The van der Waals surface area contributed by atoms with Gasteiger partial charge in [0.15, 0.2) is 5.65 Å². The second-order valence-corrected chi connectivity index (χ2v) is 7.74. The summed E-state index contributed by atoms with van der Waals surface area (Å²) < 4.78 is 36.0. The third-order valence-corrected chi connectivity index (χ3v) is 5.67. The number of nitriles is 1. The molecule has 0 aliphatic heterocycles. The predicted octanol–water partition coefficient (Wildman–Crippen LogP) is 5.79. The molecule has 9 heteroatoms. The predicted molar refractivity (Wildman–Crippen MR) is 120 cm³/mol. The number of hydrogen-bond acceptors (Lipinski definition) is 6. The highest BCUT2D eigenvalue weighted by Crippen LogP contribution is 2.37. The van der Waals surface area contributed by atoms with Gasteiger partial charge in [-0.15, -0.1) is 0 Å². The van der Waals surface area contributed by atoms with E-state index in [1.807, 2.05) is 4.68 Å². The average molecular weight is 448 g/mol. The number of benzene rings is 2. The van der Waals surface area contributed by atoms with Crippen LogP contribution >= 0.6 is 0 Å². The van der Waals surface area contributed by atoms with Gasteiger partial charge < -0.3 is 10.5 Å². The Morgan fingerprint density at radius 2 is 1.76 bits per heavy atom. The first-order valence-corrected chi connectivity index (χ1v) is 10.6. The van der Waals surface area contributed by atoms with E-state index < -0.39 is 11.6 Å². The molecule has 2 heterocycles. The molecular formula is C24H22F2N6O. The molecule has 0 unspecified atom stereocenters. The first-order valence-electron chi connectivity index (χ1n) is 10.6. The lowest BCUT2D eigenvalue weighted by Crippen LogP contribution is -2.14. The summed E-state index contributed by atoms with van der Waals surface area (Å²) in [5.41, 5.74) is 7.46. The van der Waals surface area contributed by atoms with Crippen LogP contribution in [0.2, 0.25) is 0 Å². The highest BCUT2D eigenvalue weighted by molar-refractivity contribution is 5.98. The highest BCUT2D eigenvalue weighted by atomic mass is 19.1. The molecular weight excluding hydrogens is 426 g/mol. The van der Waals surface area contributed by atoms with Gasteiger partial charge in [0.1, 0.15) is 41.0 Å². The van der Waals surface area contributed by atoms with Gasteiger partial charge in [-0.3, -0.25) is 0 Å². The van der Waals surface area contributed by atoms with Gasteiger partial charge in [0.2, 0.25) is 0 Å². The monoisotopic (exact) mass is 448 g/mol. The van der Waals surface area contributed by atoms with Crippen LogP contribution in [0.3, 0.4) is 0 Å². The lowest BCUT2D eigenvalue weighted by molar-refractivity contribution is 0.336. The van der Waals surface area contributed by atoms with Gasteiger partial charge in [-0.2, -0.15) is 5.10 Å². The Balaban J connectivity index is 0.00000126. The highest BCUT2D eigenvalue weighted by Gasteiger charge is 2.25. The number of aromatic nitrogens is 4. The van der Waals surface area contributed by atoms with Gasteiger partial charge in [-0.25, -0.2) is 28.7 Å². The maximum Gasteiger partial charge on any atom is 0.164 e. The van der Waals surface area contributed by atoms with Crippen LogP contribution in [0.25, 0.3) is 22.3 Å². The van der Waals surface area contributed by atoms with Gasteiger partial charge >= 0.3 is 0 Å². The molecule has 4 aromatic rings. The van der Waals surface area contributed by atoms with Gasteiger partial charge in [0.05, 0.1) is 11.4 Å². The van der Waals surface area contributed by atoms with Crippen LogP contribution < -0.4 is 10.5 Å². The maximum absolute atomic E-state index is 15.1. The molecule has 2 aromatic carbocycles. The summed E-state index contributed by atoms with van der Waals surface area (Å²) in [6, 6.07) is 10.4. The van der Waals surface area contributed by atoms with Crippen molar-refractivity contribution >= 4 is 16.9 Å². The number of hydrogen-bond donors (Lipinski definition) is 1. The summed E-state index contributed by atoms with van der Waals surface area (Å²) in [6.45, 7) is 3.50. The summed E-state index contributed by atoms with van der Waals surface area (Å²) in [7, 11) is 0. The first-order chi connectivity index (χ1) is 16.1. The van der Waals surface area contributed by atoms with E-state index in [9.17, 15) is 4.39 Å².